The third-order valence-corrected chi connectivity index (χ3v) is 16.7. The summed E-state index contributed by atoms with van der Waals surface area (Å²) in [6.45, 7) is 2.23. The van der Waals surface area contributed by atoms with E-state index in [1.54, 1.807) is 0 Å². The highest BCUT2D eigenvalue weighted by atomic mass is 32.1. The van der Waals surface area contributed by atoms with Crippen LogP contribution in [0.2, 0.25) is 0 Å². The van der Waals surface area contributed by atoms with E-state index in [0.29, 0.717) is 0 Å². The third kappa shape index (κ3) is 5.57. The lowest BCUT2D eigenvalue weighted by molar-refractivity contribution is 0.477. The zero-order valence-electron chi connectivity index (χ0n) is 38.0. The highest BCUT2D eigenvalue weighted by molar-refractivity contribution is 7.21. The summed E-state index contributed by atoms with van der Waals surface area (Å²) < 4.78 is 8.95. The van der Waals surface area contributed by atoms with Gasteiger partial charge in [0.2, 0.25) is 0 Å². The molecule has 4 nitrogen and oxygen atoms in total. The van der Waals surface area contributed by atoms with E-state index in [1.165, 1.54) is 87.5 Å². The minimum absolute atomic E-state index is 0.539. The molecule has 5 heterocycles. The Hall–Kier alpha value is -8.42. The number of aryl methyl sites for hydroxylation is 1. The normalized spacial score (nSPS) is 13.7. The summed E-state index contributed by atoms with van der Waals surface area (Å²) >= 11 is 3.73. The van der Waals surface area contributed by atoms with E-state index in [2.05, 4.69) is 238 Å². The Labute approximate surface area is 413 Å². The van der Waals surface area contributed by atoms with Crippen molar-refractivity contribution in [3.63, 3.8) is 0 Å². The number of nitrogens with zero attached hydrogens (tertiary/aromatic N) is 3. The molecule has 1 spiro atoms. The zero-order valence-corrected chi connectivity index (χ0v) is 39.6. The van der Waals surface area contributed by atoms with Crippen LogP contribution in [0, 0.1) is 6.92 Å². The van der Waals surface area contributed by atoms with Crippen molar-refractivity contribution in [2.24, 2.45) is 0 Å². The fraction of sp³-hybridized carbons (Fsp3) is 0.0312. The van der Waals surface area contributed by atoms with E-state index >= 15 is 0 Å². The predicted molar refractivity (Wildman–Crippen MR) is 292 cm³/mol. The molecule has 3 aliphatic rings. The summed E-state index contributed by atoms with van der Waals surface area (Å²) in [6, 6.07) is 80.4. The quantitative estimate of drug-likeness (QED) is 0.172. The van der Waals surface area contributed by atoms with E-state index in [4.69, 9.17) is 4.74 Å². The number of fused-ring (bicyclic) bond motifs is 14. The third-order valence-electron chi connectivity index (χ3n) is 14.7. The molecule has 2 aliphatic heterocycles. The Morgan fingerprint density at radius 2 is 0.986 bits per heavy atom. The Bertz CT molecular complexity index is 4020. The summed E-state index contributed by atoms with van der Waals surface area (Å²) in [5.41, 5.74) is 20.8. The molecule has 3 aromatic heterocycles. The molecule has 0 bridgehead atoms. The van der Waals surface area contributed by atoms with Gasteiger partial charge < -0.3 is 19.1 Å². The number of benzene rings is 9. The molecule has 0 amide bonds. The average Bonchev–Trinajstić information content (AvgIpc) is 4.21. The van der Waals surface area contributed by atoms with Crippen LogP contribution < -0.4 is 14.5 Å². The number of thiophene rings is 2. The zero-order chi connectivity index (χ0) is 46.1. The van der Waals surface area contributed by atoms with Gasteiger partial charge in [-0.1, -0.05) is 121 Å². The number of ether oxygens (including phenoxy) is 1. The molecule has 330 valence electrons. The Morgan fingerprint density at radius 3 is 1.76 bits per heavy atom. The molecular formula is C64H41N3OS2. The van der Waals surface area contributed by atoms with Gasteiger partial charge in [0.1, 0.15) is 0 Å². The number of anilines is 6. The first-order chi connectivity index (χ1) is 34.6. The number of hydrogen-bond donors (Lipinski definition) is 0. The molecule has 0 saturated heterocycles. The predicted octanol–water partition coefficient (Wildman–Crippen LogP) is 18.3. The summed E-state index contributed by atoms with van der Waals surface area (Å²) in [6.07, 6.45) is 0. The number of para-hydroxylation sites is 6. The van der Waals surface area contributed by atoms with Gasteiger partial charge in [-0.15, -0.1) is 22.7 Å². The van der Waals surface area contributed by atoms with Crippen molar-refractivity contribution in [3.05, 3.63) is 257 Å². The largest absolute Gasteiger partial charge is 0.453 e. The molecule has 0 N–H and O–H groups in total. The molecule has 0 unspecified atom stereocenters. The number of hydrogen-bond acceptors (Lipinski definition) is 5. The van der Waals surface area contributed by atoms with Crippen molar-refractivity contribution >= 4 is 78.6 Å². The molecule has 70 heavy (non-hydrogen) atoms. The van der Waals surface area contributed by atoms with E-state index in [-0.39, 0.29) is 0 Å². The van der Waals surface area contributed by atoms with Crippen LogP contribution in [0.1, 0.15) is 27.8 Å². The van der Waals surface area contributed by atoms with Crippen LogP contribution in [-0.4, -0.2) is 4.57 Å². The van der Waals surface area contributed by atoms with Gasteiger partial charge in [0.05, 0.1) is 39.2 Å². The first-order valence-corrected chi connectivity index (χ1v) is 25.6. The Balaban J connectivity index is 0.996. The van der Waals surface area contributed by atoms with Gasteiger partial charge in [-0.25, -0.2) is 0 Å². The smallest absolute Gasteiger partial charge is 0.151 e. The van der Waals surface area contributed by atoms with Gasteiger partial charge in [-0.05, 0) is 165 Å². The minimum atomic E-state index is -0.539. The highest BCUT2D eigenvalue weighted by Crippen LogP contribution is 2.66. The maximum absolute atomic E-state index is 6.46. The minimum Gasteiger partial charge on any atom is -0.453 e. The molecular weight excluding hydrogens is 891 g/mol. The fourth-order valence-corrected chi connectivity index (χ4v) is 14.0. The van der Waals surface area contributed by atoms with E-state index in [9.17, 15) is 0 Å². The van der Waals surface area contributed by atoms with Crippen LogP contribution in [0.25, 0.3) is 59.5 Å². The average molecular weight is 932 g/mol. The van der Waals surface area contributed by atoms with Crippen LogP contribution in [0.3, 0.4) is 0 Å². The van der Waals surface area contributed by atoms with Crippen molar-refractivity contribution in [2.75, 3.05) is 9.80 Å². The topological polar surface area (TPSA) is 20.6 Å². The van der Waals surface area contributed by atoms with Gasteiger partial charge in [-0.3, -0.25) is 0 Å². The van der Waals surface area contributed by atoms with Crippen molar-refractivity contribution in [2.45, 2.75) is 12.3 Å². The van der Waals surface area contributed by atoms with Gasteiger partial charge in [0, 0.05) is 37.6 Å². The second-order valence-electron chi connectivity index (χ2n) is 18.6. The van der Waals surface area contributed by atoms with Gasteiger partial charge in [0.15, 0.2) is 11.5 Å². The van der Waals surface area contributed by atoms with Crippen LogP contribution in [0.5, 0.6) is 11.5 Å². The van der Waals surface area contributed by atoms with Crippen molar-refractivity contribution in [3.8, 4) is 49.2 Å². The molecule has 9 aromatic carbocycles. The standard InChI is InChI=1S/C64H41N3OS2/c1-40-33-44(43-18-13-17-42(35-43)41-15-3-2-4-16-41)36-47(34-40)67-55-24-8-6-22-50(55)64(51-29-31-69-62(51)63-52(64)30-32-70-63)53-39-58-49(38-59(53)67)48-21-5-7-23-54(48)65(58)45-19-14-20-46(37-45)66-56-25-9-11-27-60(56)68-61-28-12-10-26-57(61)66/h2-39H,1H3. The second kappa shape index (κ2) is 15.0. The maximum Gasteiger partial charge on any atom is 0.151 e. The van der Waals surface area contributed by atoms with Crippen molar-refractivity contribution in [1.82, 2.24) is 4.57 Å². The summed E-state index contributed by atoms with van der Waals surface area (Å²) in [5.74, 6) is 1.67. The molecule has 0 radical (unpaired) electrons. The van der Waals surface area contributed by atoms with Crippen molar-refractivity contribution in [1.29, 1.82) is 0 Å². The SMILES string of the molecule is Cc1cc(-c2cccc(-c3ccccc3)c2)cc(N2c3ccccc3C3(c4cc5c(cc42)c2ccccc2n5-c2cccc(N4c5ccccc5Oc5ccccc54)c2)c2ccsc2-c2sccc23)c1. The summed E-state index contributed by atoms with van der Waals surface area (Å²) in [5, 5.41) is 7.01. The lowest BCUT2D eigenvalue weighted by atomic mass is 9.65. The molecule has 15 rings (SSSR count). The van der Waals surface area contributed by atoms with E-state index in [0.717, 1.165) is 45.5 Å². The molecule has 12 aromatic rings. The summed E-state index contributed by atoms with van der Waals surface area (Å²) in [4.78, 5) is 7.63. The fourth-order valence-electron chi connectivity index (χ4n) is 11.9. The second-order valence-corrected chi connectivity index (χ2v) is 20.4. The Kier molecular flexibility index (Phi) is 8.50. The lowest BCUT2D eigenvalue weighted by Gasteiger charge is -2.44. The van der Waals surface area contributed by atoms with Crippen LogP contribution >= 0.6 is 22.7 Å². The van der Waals surface area contributed by atoms with Crippen LogP contribution in [0.4, 0.5) is 34.1 Å². The van der Waals surface area contributed by atoms with E-state index in [1.807, 2.05) is 34.8 Å². The van der Waals surface area contributed by atoms with Crippen molar-refractivity contribution < 1.29 is 4.74 Å². The first kappa shape index (κ1) is 39.6. The number of rotatable bonds is 5. The van der Waals surface area contributed by atoms with Crippen LogP contribution in [-0.2, 0) is 5.41 Å². The molecule has 1 aliphatic carbocycles. The maximum atomic E-state index is 6.46. The lowest BCUT2D eigenvalue weighted by Crippen LogP contribution is -2.36. The van der Waals surface area contributed by atoms with Crippen LogP contribution in [0.15, 0.2) is 229 Å². The molecule has 0 fully saturated rings. The van der Waals surface area contributed by atoms with Gasteiger partial charge in [0.25, 0.3) is 0 Å². The molecule has 6 heteroatoms. The highest BCUT2D eigenvalue weighted by Gasteiger charge is 2.53. The molecule has 0 atom stereocenters. The monoisotopic (exact) mass is 931 g/mol. The van der Waals surface area contributed by atoms with Gasteiger partial charge in [-0.2, -0.15) is 0 Å². The van der Waals surface area contributed by atoms with Gasteiger partial charge >= 0.3 is 0 Å². The molecule has 0 saturated carbocycles. The summed E-state index contributed by atoms with van der Waals surface area (Å²) in [7, 11) is 0. The first-order valence-electron chi connectivity index (χ1n) is 23.8. The number of aromatic nitrogens is 1. The Morgan fingerprint density at radius 1 is 0.371 bits per heavy atom. The van der Waals surface area contributed by atoms with E-state index < -0.39 is 5.41 Å².